The topological polar surface area (TPSA) is 80.0 Å². The van der Waals surface area contributed by atoms with Crippen LogP contribution in [0.25, 0.3) is 11.5 Å². The van der Waals surface area contributed by atoms with Gasteiger partial charge in [0.1, 0.15) is 17.8 Å². The summed E-state index contributed by atoms with van der Waals surface area (Å²) in [5, 5.41) is 8.16. The van der Waals surface area contributed by atoms with Crippen LogP contribution in [0, 0.1) is 0 Å². The Morgan fingerprint density at radius 3 is 3.00 bits per heavy atom. The second-order valence-corrected chi connectivity index (χ2v) is 5.65. The average molecular weight is 327 g/mol. The molecule has 7 nitrogen and oxygen atoms in total. The van der Waals surface area contributed by atoms with Gasteiger partial charge in [-0.15, -0.1) is 10.2 Å². The van der Waals surface area contributed by atoms with Crippen LogP contribution in [0.1, 0.15) is 33.2 Å². The summed E-state index contributed by atoms with van der Waals surface area (Å²) in [4.78, 5) is 8.75. The maximum Gasteiger partial charge on any atom is 0.182 e. The molecule has 0 amide bonds. The van der Waals surface area contributed by atoms with Gasteiger partial charge < -0.3 is 9.99 Å². The first-order valence-electron chi connectivity index (χ1n) is 8.15. The normalized spacial score (nSPS) is 11.3. The highest BCUT2D eigenvalue weighted by Crippen LogP contribution is 2.19. The highest BCUT2D eigenvalue weighted by atomic mass is 15.4. The lowest BCUT2D eigenvalue weighted by atomic mass is 10.2. The molecule has 0 spiro atoms. The Morgan fingerprint density at radius 1 is 1.42 bits per heavy atom. The van der Waals surface area contributed by atoms with Gasteiger partial charge in [0.05, 0.1) is 0 Å². The third-order valence-corrected chi connectivity index (χ3v) is 3.35. The fourth-order valence-corrected chi connectivity index (χ4v) is 2.09. The van der Waals surface area contributed by atoms with Crippen molar-refractivity contribution in [3.05, 3.63) is 36.7 Å². The Morgan fingerprint density at radius 2 is 2.25 bits per heavy atom. The number of anilines is 1. The largest absolute Gasteiger partial charge is 0.310 e. The molecular weight excluding hydrogens is 302 g/mol. The van der Waals surface area contributed by atoms with Gasteiger partial charge in [-0.1, -0.05) is 12.6 Å². The minimum atomic E-state index is 0.280. The minimum absolute atomic E-state index is 0.280. The van der Waals surface area contributed by atoms with E-state index < -0.39 is 0 Å². The van der Waals surface area contributed by atoms with Crippen LogP contribution in [0.4, 0.5) is 5.82 Å². The van der Waals surface area contributed by atoms with E-state index in [0.717, 1.165) is 42.4 Å². The molecule has 0 saturated heterocycles. The third kappa shape index (κ3) is 4.99. The Labute approximate surface area is 142 Å². The van der Waals surface area contributed by atoms with E-state index in [1.807, 2.05) is 35.9 Å². The van der Waals surface area contributed by atoms with Crippen LogP contribution in [-0.4, -0.2) is 39.1 Å². The van der Waals surface area contributed by atoms with Crippen LogP contribution in [0.15, 0.2) is 41.7 Å². The average Bonchev–Trinajstić information content (AvgIpc) is 3.07. The lowest BCUT2D eigenvalue weighted by Gasteiger charge is -2.11. The SMILES string of the molecule is C=C(C=NCC)CCNNc1cccc(-c2nncn2C(C)C)n1. The van der Waals surface area contributed by atoms with Gasteiger partial charge in [-0.25, -0.2) is 10.4 Å². The molecule has 0 aliphatic heterocycles. The van der Waals surface area contributed by atoms with Crippen molar-refractivity contribution in [1.29, 1.82) is 0 Å². The summed E-state index contributed by atoms with van der Waals surface area (Å²) in [6, 6.07) is 6.05. The van der Waals surface area contributed by atoms with Crippen LogP contribution in [0.3, 0.4) is 0 Å². The van der Waals surface area contributed by atoms with Gasteiger partial charge in [-0.05, 0) is 44.9 Å². The zero-order chi connectivity index (χ0) is 17.4. The molecule has 0 radical (unpaired) electrons. The predicted octanol–water partition coefficient (Wildman–Crippen LogP) is 2.87. The van der Waals surface area contributed by atoms with Crippen molar-refractivity contribution in [2.45, 2.75) is 33.2 Å². The molecule has 2 aromatic rings. The Kier molecular flexibility index (Phi) is 6.62. The van der Waals surface area contributed by atoms with E-state index in [2.05, 4.69) is 51.5 Å². The van der Waals surface area contributed by atoms with Gasteiger partial charge in [0, 0.05) is 25.3 Å². The number of hydrogen-bond acceptors (Lipinski definition) is 6. The van der Waals surface area contributed by atoms with E-state index in [4.69, 9.17) is 0 Å². The van der Waals surface area contributed by atoms with E-state index in [0.29, 0.717) is 0 Å². The summed E-state index contributed by atoms with van der Waals surface area (Å²) >= 11 is 0. The standard InChI is InChI=1S/C17H25N7/c1-5-18-11-14(4)9-10-19-22-16-8-6-7-15(21-16)17-23-20-12-24(17)13(2)3/h6-8,11-13,19H,4-5,9-10H2,1-3H3,(H,21,22). The molecule has 0 aromatic carbocycles. The molecule has 2 rings (SSSR count). The summed E-state index contributed by atoms with van der Waals surface area (Å²) in [5.74, 6) is 1.50. The maximum absolute atomic E-state index is 4.58. The Hall–Kier alpha value is -2.54. The predicted molar refractivity (Wildman–Crippen MR) is 98.1 cm³/mol. The van der Waals surface area contributed by atoms with E-state index in [1.165, 1.54) is 0 Å². The van der Waals surface area contributed by atoms with Gasteiger partial charge in [-0.3, -0.25) is 4.99 Å². The van der Waals surface area contributed by atoms with E-state index in [1.54, 1.807) is 6.33 Å². The molecule has 0 saturated carbocycles. The monoisotopic (exact) mass is 327 g/mol. The van der Waals surface area contributed by atoms with Crippen LogP contribution < -0.4 is 10.9 Å². The van der Waals surface area contributed by atoms with Crippen molar-refractivity contribution < 1.29 is 0 Å². The van der Waals surface area contributed by atoms with Gasteiger partial charge in [-0.2, -0.15) is 0 Å². The molecule has 0 aliphatic rings. The maximum atomic E-state index is 4.58. The molecule has 128 valence electrons. The fraction of sp³-hybridized carbons (Fsp3) is 0.412. The number of pyridine rings is 1. The quantitative estimate of drug-likeness (QED) is 0.420. The van der Waals surface area contributed by atoms with Gasteiger partial charge >= 0.3 is 0 Å². The van der Waals surface area contributed by atoms with Crippen LogP contribution in [0.2, 0.25) is 0 Å². The summed E-state index contributed by atoms with van der Waals surface area (Å²) in [7, 11) is 0. The van der Waals surface area contributed by atoms with Crippen molar-refractivity contribution in [3.8, 4) is 11.5 Å². The van der Waals surface area contributed by atoms with E-state index >= 15 is 0 Å². The molecule has 2 N–H and O–H groups in total. The zero-order valence-corrected chi connectivity index (χ0v) is 14.5. The van der Waals surface area contributed by atoms with Crippen LogP contribution in [0.5, 0.6) is 0 Å². The van der Waals surface area contributed by atoms with Gasteiger partial charge in [0.25, 0.3) is 0 Å². The third-order valence-electron chi connectivity index (χ3n) is 3.35. The summed E-state index contributed by atoms with van der Waals surface area (Å²) in [6.45, 7) is 11.7. The number of hydrazine groups is 1. The number of rotatable bonds is 9. The number of aromatic nitrogens is 4. The lowest BCUT2D eigenvalue weighted by molar-refractivity contribution is 0.603. The molecule has 0 bridgehead atoms. The number of aliphatic imine (C=N–C) groups is 1. The molecule has 0 aliphatic carbocycles. The molecule has 0 fully saturated rings. The van der Waals surface area contributed by atoms with Gasteiger partial charge in [0.15, 0.2) is 5.82 Å². The molecule has 2 heterocycles. The molecule has 0 unspecified atom stereocenters. The second kappa shape index (κ2) is 8.93. The molecule has 24 heavy (non-hydrogen) atoms. The molecular formula is C17H25N7. The summed E-state index contributed by atoms with van der Waals surface area (Å²) < 4.78 is 2.00. The van der Waals surface area contributed by atoms with Crippen molar-refractivity contribution in [3.63, 3.8) is 0 Å². The first-order valence-corrected chi connectivity index (χ1v) is 8.15. The second-order valence-electron chi connectivity index (χ2n) is 5.65. The lowest BCUT2D eigenvalue weighted by Crippen LogP contribution is -2.23. The summed E-state index contributed by atoms with van der Waals surface area (Å²) in [6.07, 6.45) is 4.36. The Balaban J connectivity index is 1.92. The molecule has 7 heteroatoms. The van der Waals surface area contributed by atoms with Crippen molar-refractivity contribution >= 4 is 12.0 Å². The first kappa shape index (κ1) is 17.8. The highest BCUT2D eigenvalue weighted by molar-refractivity contribution is 5.77. The summed E-state index contributed by atoms with van der Waals surface area (Å²) in [5.41, 5.74) is 8.03. The minimum Gasteiger partial charge on any atom is -0.310 e. The molecule has 2 aromatic heterocycles. The van der Waals surface area contributed by atoms with Crippen molar-refractivity contribution in [2.75, 3.05) is 18.5 Å². The number of hydrogen-bond donors (Lipinski definition) is 2. The van der Waals surface area contributed by atoms with E-state index in [9.17, 15) is 0 Å². The van der Waals surface area contributed by atoms with Gasteiger partial charge in [0.2, 0.25) is 0 Å². The van der Waals surface area contributed by atoms with Crippen LogP contribution >= 0.6 is 0 Å². The Bertz CT molecular complexity index is 688. The zero-order valence-electron chi connectivity index (χ0n) is 14.5. The fourth-order valence-electron chi connectivity index (χ4n) is 2.09. The van der Waals surface area contributed by atoms with Crippen molar-refractivity contribution in [2.24, 2.45) is 4.99 Å². The smallest absolute Gasteiger partial charge is 0.182 e. The number of nitrogens with zero attached hydrogens (tertiary/aromatic N) is 5. The molecule has 0 atom stereocenters. The first-order chi connectivity index (χ1) is 11.6. The highest BCUT2D eigenvalue weighted by Gasteiger charge is 2.11. The van der Waals surface area contributed by atoms with E-state index in [-0.39, 0.29) is 6.04 Å². The van der Waals surface area contributed by atoms with Crippen molar-refractivity contribution in [1.82, 2.24) is 25.2 Å². The van der Waals surface area contributed by atoms with Crippen LogP contribution in [-0.2, 0) is 0 Å². The number of nitrogens with one attached hydrogen (secondary N) is 2.